The molecule has 6 nitrogen and oxygen atoms in total. The predicted molar refractivity (Wildman–Crippen MR) is 85.5 cm³/mol. The van der Waals surface area contributed by atoms with Gasteiger partial charge in [0.15, 0.2) is 0 Å². The second-order valence-corrected chi connectivity index (χ2v) is 8.96. The zero-order valence-electron chi connectivity index (χ0n) is 14.3. The molecule has 0 amide bonds. The molecule has 0 atom stereocenters. The maximum atomic E-state index is 12.7. The van der Waals surface area contributed by atoms with Gasteiger partial charge < -0.3 is 10.1 Å². The first-order chi connectivity index (χ1) is 9.50. The second kappa shape index (κ2) is 6.91. The number of ether oxygens (including phenoxy) is 1. The first-order valence-electron chi connectivity index (χ1n) is 7.62. The van der Waals surface area contributed by atoms with Crippen LogP contribution in [-0.2, 0) is 14.9 Å². The molecule has 7 heteroatoms. The fourth-order valence-corrected chi connectivity index (χ4v) is 4.50. The van der Waals surface area contributed by atoms with E-state index in [0.29, 0.717) is 19.6 Å². The Morgan fingerprint density at radius 3 is 2.19 bits per heavy atom. The van der Waals surface area contributed by atoms with Gasteiger partial charge in [-0.15, -0.1) is 0 Å². The number of nitrogens with one attached hydrogen (secondary N) is 1. The molecule has 1 saturated heterocycles. The van der Waals surface area contributed by atoms with Crippen molar-refractivity contribution in [2.75, 3.05) is 39.8 Å². The minimum Gasteiger partial charge on any atom is -0.367 e. The van der Waals surface area contributed by atoms with Gasteiger partial charge in [-0.2, -0.15) is 17.0 Å². The van der Waals surface area contributed by atoms with Gasteiger partial charge >= 0.3 is 0 Å². The summed E-state index contributed by atoms with van der Waals surface area (Å²) in [7, 11) is -1.78. The van der Waals surface area contributed by atoms with Crippen molar-refractivity contribution in [3.05, 3.63) is 0 Å². The van der Waals surface area contributed by atoms with E-state index in [4.69, 9.17) is 4.74 Å². The average molecular weight is 321 g/mol. The van der Waals surface area contributed by atoms with E-state index in [0.717, 1.165) is 19.5 Å². The van der Waals surface area contributed by atoms with Crippen molar-refractivity contribution < 1.29 is 13.2 Å². The van der Waals surface area contributed by atoms with Gasteiger partial charge in [-0.3, -0.25) is 0 Å². The Hall–Kier alpha value is -0.210. The van der Waals surface area contributed by atoms with Crippen LogP contribution in [0.15, 0.2) is 0 Å². The number of nitrogens with zero attached hydrogens (tertiary/aromatic N) is 2. The summed E-state index contributed by atoms with van der Waals surface area (Å²) in [4.78, 5) is 0. The molecule has 0 aromatic rings. The van der Waals surface area contributed by atoms with Crippen molar-refractivity contribution in [3.8, 4) is 0 Å². The zero-order valence-corrected chi connectivity index (χ0v) is 15.1. The third kappa shape index (κ3) is 5.49. The molecule has 1 rings (SSSR count). The van der Waals surface area contributed by atoms with Crippen LogP contribution in [0.1, 0.15) is 41.0 Å². The molecule has 0 saturated carbocycles. The van der Waals surface area contributed by atoms with E-state index >= 15 is 0 Å². The molecule has 0 radical (unpaired) electrons. The maximum Gasteiger partial charge on any atom is 0.281 e. The molecule has 0 aromatic carbocycles. The summed E-state index contributed by atoms with van der Waals surface area (Å²) in [6, 6.07) is 0. The van der Waals surface area contributed by atoms with Crippen molar-refractivity contribution >= 4 is 10.2 Å². The lowest BCUT2D eigenvalue weighted by atomic mass is 10.0. The van der Waals surface area contributed by atoms with Gasteiger partial charge in [0.25, 0.3) is 10.2 Å². The SMILES string of the molecule is CCNCCCN(C)S(=O)(=O)N1CC(C)(C)OC(C)(C)C1. The predicted octanol–water partition coefficient (Wildman–Crippen LogP) is 1.05. The van der Waals surface area contributed by atoms with Gasteiger partial charge in [-0.1, -0.05) is 6.92 Å². The van der Waals surface area contributed by atoms with Crippen molar-refractivity contribution in [3.63, 3.8) is 0 Å². The highest BCUT2D eigenvalue weighted by atomic mass is 32.2. The van der Waals surface area contributed by atoms with Crippen LogP contribution in [0.5, 0.6) is 0 Å². The molecular weight excluding hydrogens is 290 g/mol. The molecule has 0 aromatic heterocycles. The van der Waals surface area contributed by atoms with Gasteiger partial charge in [-0.05, 0) is 47.2 Å². The zero-order chi connectivity index (χ0) is 16.3. The van der Waals surface area contributed by atoms with Gasteiger partial charge in [0.1, 0.15) is 0 Å². The van der Waals surface area contributed by atoms with E-state index in [1.807, 2.05) is 34.6 Å². The molecule has 21 heavy (non-hydrogen) atoms. The number of hydrogen-bond donors (Lipinski definition) is 1. The van der Waals surface area contributed by atoms with E-state index < -0.39 is 21.4 Å². The Kier molecular flexibility index (Phi) is 6.20. The summed E-state index contributed by atoms with van der Waals surface area (Å²) in [5.74, 6) is 0. The number of morpholine rings is 1. The van der Waals surface area contributed by atoms with Crippen LogP contribution in [0.2, 0.25) is 0 Å². The molecule has 1 heterocycles. The molecule has 1 fully saturated rings. The fraction of sp³-hybridized carbons (Fsp3) is 1.00. The van der Waals surface area contributed by atoms with Gasteiger partial charge in [-0.25, -0.2) is 0 Å². The standard InChI is InChI=1S/C14H31N3O3S/c1-7-15-9-8-10-16(6)21(18,19)17-11-13(2,3)20-14(4,5)12-17/h15H,7-12H2,1-6H3. The van der Waals surface area contributed by atoms with Crippen LogP contribution in [0, 0.1) is 0 Å². The highest BCUT2D eigenvalue weighted by molar-refractivity contribution is 7.86. The maximum absolute atomic E-state index is 12.7. The quantitative estimate of drug-likeness (QED) is 0.712. The average Bonchev–Trinajstić information content (AvgIpc) is 2.30. The highest BCUT2D eigenvalue weighted by Crippen LogP contribution is 2.30. The molecule has 0 aliphatic carbocycles. The lowest BCUT2D eigenvalue weighted by molar-refractivity contribution is -0.164. The first-order valence-corrected chi connectivity index (χ1v) is 9.02. The van der Waals surface area contributed by atoms with Gasteiger partial charge in [0, 0.05) is 26.7 Å². The second-order valence-electron chi connectivity index (χ2n) is 6.93. The van der Waals surface area contributed by atoms with Gasteiger partial charge in [0.05, 0.1) is 11.2 Å². The number of rotatable bonds is 7. The van der Waals surface area contributed by atoms with E-state index in [1.165, 1.54) is 4.31 Å². The summed E-state index contributed by atoms with van der Waals surface area (Å²) >= 11 is 0. The Morgan fingerprint density at radius 2 is 1.71 bits per heavy atom. The number of hydrogen-bond acceptors (Lipinski definition) is 4. The topological polar surface area (TPSA) is 61.9 Å². The lowest BCUT2D eigenvalue weighted by Crippen LogP contribution is -2.60. The van der Waals surface area contributed by atoms with Crippen molar-refractivity contribution in [2.45, 2.75) is 52.2 Å². The third-order valence-electron chi connectivity index (χ3n) is 3.46. The molecule has 1 aliphatic heterocycles. The van der Waals surface area contributed by atoms with Crippen LogP contribution < -0.4 is 5.32 Å². The normalized spacial score (nSPS) is 22.6. The molecular formula is C14H31N3O3S. The third-order valence-corrected chi connectivity index (χ3v) is 5.34. The molecule has 126 valence electrons. The fourth-order valence-electron chi connectivity index (χ4n) is 2.80. The summed E-state index contributed by atoms with van der Waals surface area (Å²) in [5.41, 5.74) is -0.946. The van der Waals surface area contributed by atoms with Crippen molar-refractivity contribution in [2.24, 2.45) is 0 Å². The van der Waals surface area contributed by atoms with Crippen LogP contribution >= 0.6 is 0 Å². The lowest BCUT2D eigenvalue weighted by Gasteiger charge is -2.47. The minimum atomic E-state index is -3.43. The van der Waals surface area contributed by atoms with E-state index in [1.54, 1.807) is 11.4 Å². The molecule has 1 N–H and O–H groups in total. The van der Waals surface area contributed by atoms with Crippen LogP contribution in [0.3, 0.4) is 0 Å². The Morgan fingerprint density at radius 1 is 1.19 bits per heavy atom. The molecule has 1 aliphatic rings. The first kappa shape index (κ1) is 18.8. The smallest absolute Gasteiger partial charge is 0.281 e. The molecule has 0 bridgehead atoms. The monoisotopic (exact) mass is 321 g/mol. The Bertz CT molecular complexity index is 419. The highest BCUT2D eigenvalue weighted by Gasteiger charge is 2.43. The van der Waals surface area contributed by atoms with Gasteiger partial charge in [0.2, 0.25) is 0 Å². The van der Waals surface area contributed by atoms with Crippen molar-refractivity contribution in [1.82, 2.24) is 13.9 Å². The van der Waals surface area contributed by atoms with Crippen molar-refractivity contribution in [1.29, 1.82) is 0 Å². The molecule has 0 spiro atoms. The summed E-state index contributed by atoms with van der Waals surface area (Å²) in [6.45, 7) is 12.8. The molecule has 0 unspecified atom stereocenters. The summed E-state index contributed by atoms with van der Waals surface area (Å²) in [5, 5.41) is 3.21. The van der Waals surface area contributed by atoms with Crippen LogP contribution in [0.25, 0.3) is 0 Å². The van der Waals surface area contributed by atoms with E-state index in [2.05, 4.69) is 5.32 Å². The summed E-state index contributed by atoms with van der Waals surface area (Å²) < 4.78 is 34.3. The van der Waals surface area contributed by atoms with Crippen LogP contribution in [-0.4, -0.2) is 68.0 Å². The van der Waals surface area contributed by atoms with Crippen LogP contribution in [0.4, 0.5) is 0 Å². The Labute approximate surface area is 130 Å². The minimum absolute atomic E-state index is 0.385. The summed E-state index contributed by atoms with van der Waals surface area (Å²) in [6.07, 6.45) is 0.806. The largest absolute Gasteiger partial charge is 0.367 e. The van der Waals surface area contributed by atoms with E-state index in [9.17, 15) is 8.42 Å². The Balaban J connectivity index is 2.72. The van der Waals surface area contributed by atoms with E-state index in [-0.39, 0.29) is 0 Å².